The van der Waals surface area contributed by atoms with E-state index in [1.807, 2.05) is 0 Å². The van der Waals surface area contributed by atoms with Crippen LogP contribution >= 0.6 is 0 Å². The molecule has 1 aliphatic heterocycles. The van der Waals surface area contributed by atoms with Crippen LogP contribution in [0.5, 0.6) is 0 Å². The summed E-state index contributed by atoms with van der Waals surface area (Å²) in [6.07, 6.45) is 2.38. The highest BCUT2D eigenvalue weighted by Crippen LogP contribution is 2.24. The highest BCUT2D eigenvalue weighted by atomic mass is 32.2. The monoisotopic (exact) mass is 291 g/mol. The molecule has 1 unspecified atom stereocenters. The molecule has 7 heteroatoms. The van der Waals surface area contributed by atoms with Gasteiger partial charge in [0, 0.05) is 19.3 Å². The molecule has 1 fully saturated rings. The van der Waals surface area contributed by atoms with Gasteiger partial charge in [-0.15, -0.1) is 0 Å². The zero-order valence-electron chi connectivity index (χ0n) is 11.8. The molecule has 0 aromatic heterocycles. The first-order valence-corrected chi connectivity index (χ1v) is 8.07. The number of carbonyl (C=O) groups excluding carboxylic acids is 2. The number of ether oxygens (including phenoxy) is 1. The first-order valence-electron chi connectivity index (χ1n) is 6.18. The van der Waals surface area contributed by atoms with Gasteiger partial charge >= 0.3 is 5.97 Å². The summed E-state index contributed by atoms with van der Waals surface area (Å²) in [5, 5.41) is 0. The molecule has 1 heterocycles. The molecule has 0 radical (unpaired) electrons. The number of likely N-dealkylation sites (tertiary alicyclic amines) is 1. The van der Waals surface area contributed by atoms with Crippen LogP contribution in [0.25, 0.3) is 0 Å². The molecule has 1 aliphatic rings. The molecular formula is C12H21NO5S. The Morgan fingerprint density at radius 2 is 1.89 bits per heavy atom. The van der Waals surface area contributed by atoms with Crippen molar-refractivity contribution in [2.75, 3.05) is 26.5 Å². The average molecular weight is 291 g/mol. The number of esters is 1. The minimum Gasteiger partial charge on any atom is -0.469 e. The Labute approximate surface area is 114 Å². The number of methoxy groups -OCH3 is 1. The molecule has 0 aromatic carbocycles. The number of hydrogen-bond acceptors (Lipinski definition) is 5. The lowest BCUT2D eigenvalue weighted by Gasteiger charge is -2.35. The molecule has 0 spiro atoms. The standard InChI is InChI=1S/C12H21NO5S/c1-12(2,19(4,16)17)11(15)13-7-5-6-9(8-13)10(14)18-3/h9H,5-8H2,1-4H3. The van der Waals surface area contributed by atoms with Crippen molar-refractivity contribution in [3.8, 4) is 0 Å². The van der Waals surface area contributed by atoms with Crippen LogP contribution in [0.15, 0.2) is 0 Å². The summed E-state index contributed by atoms with van der Waals surface area (Å²) in [7, 11) is -2.19. The lowest BCUT2D eigenvalue weighted by molar-refractivity contribution is -0.149. The summed E-state index contributed by atoms with van der Waals surface area (Å²) < 4.78 is 26.5. The van der Waals surface area contributed by atoms with Crippen LogP contribution < -0.4 is 0 Å². The quantitative estimate of drug-likeness (QED) is 0.695. The molecule has 19 heavy (non-hydrogen) atoms. The van der Waals surface area contributed by atoms with Gasteiger partial charge in [0.15, 0.2) is 9.84 Å². The Bertz CT molecular complexity index is 469. The normalized spacial score (nSPS) is 21.1. The molecule has 0 bridgehead atoms. The van der Waals surface area contributed by atoms with E-state index in [4.69, 9.17) is 0 Å². The van der Waals surface area contributed by atoms with Crippen molar-refractivity contribution < 1.29 is 22.7 Å². The zero-order chi connectivity index (χ0) is 14.8. The Morgan fingerprint density at radius 3 is 2.37 bits per heavy atom. The van der Waals surface area contributed by atoms with Gasteiger partial charge in [-0.2, -0.15) is 0 Å². The lowest BCUT2D eigenvalue weighted by Crippen LogP contribution is -2.53. The number of sulfone groups is 1. The summed E-state index contributed by atoms with van der Waals surface area (Å²) in [5.41, 5.74) is 0. The van der Waals surface area contributed by atoms with Gasteiger partial charge in [-0.3, -0.25) is 9.59 Å². The van der Waals surface area contributed by atoms with Crippen LogP contribution in [-0.4, -0.2) is 56.4 Å². The summed E-state index contributed by atoms with van der Waals surface area (Å²) in [5.74, 6) is -1.17. The number of rotatable bonds is 3. The van der Waals surface area contributed by atoms with Gasteiger partial charge in [0.05, 0.1) is 13.0 Å². The Hall–Kier alpha value is -1.11. The number of carbonyl (C=O) groups is 2. The summed E-state index contributed by atoms with van der Waals surface area (Å²) in [6, 6.07) is 0. The number of nitrogens with zero attached hydrogens (tertiary/aromatic N) is 1. The molecular weight excluding hydrogens is 270 g/mol. The minimum atomic E-state index is -3.50. The molecule has 6 nitrogen and oxygen atoms in total. The number of piperidine rings is 1. The Kier molecular flexibility index (Phi) is 4.60. The topological polar surface area (TPSA) is 80.8 Å². The van der Waals surface area contributed by atoms with E-state index in [2.05, 4.69) is 4.74 Å². The summed E-state index contributed by atoms with van der Waals surface area (Å²) >= 11 is 0. The third-order valence-electron chi connectivity index (χ3n) is 3.69. The van der Waals surface area contributed by atoms with Gasteiger partial charge in [-0.25, -0.2) is 8.42 Å². The molecule has 0 saturated carbocycles. The molecule has 1 amide bonds. The SMILES string of the molecule is COC(=O)C1CCCN(C(=O)C(C)(C)S(C)(=O)=O)C1. The first kappa shape index (κ1) is 15.9. The Morgan fingerprint density at radius 1 is 1.32 bits per heavy atom. The van der Waals surface area contributed by atoms with Crippen molar-refractivity contribution in [3.05, 3.63) is 0 Å². The van der Waals surface area contributed by atoms with Crippen molar-refractivity contribution in [2.45, 2.75) is 31.4 Å². The van der Waals surface area contributed by atoms with E-state index in [0.29, 0.717) is 19.4 Å². The largest absolute Gasteiger partial charge is 0.469 e. The van der Waals surface area contributed by atoms with E-state index in [-0.39, 0.29) is 18.4 Å². The fourth-order valence-corrected chi connectivity index (χ4v) is 2.51. The van der Waals surface area contributed by atoms with E-state index in [0.717, 1.165) is 6.26 Å². The van der Waals surface area contributed by atoms with Crippen LogP contribution in [0.3, 0.4) is 0 Å². The van der Waals surface area contributed by atoms with Gasteiger partial charge in [0.25, 0.3) is 0 Å². The second kappa shape index (κ2) is 5.48. The first-order chi connectivity index (χ1) is 8.61. The van der Waals surface area contributed by atoms with Crippen LogP contribution in [-0.2, 0) is 24.2 Å². The lowest BCUT2D eigenvalue weighted by atomic mass is 9.97. The zero-order valence-corrected chi connectivity index (χ0v) is 12.6. The van der Waals surface area contributed by atoms with Crippen molar-refractivity contribution in [3.63, 3.8) is 0 Å². The maximum absolute atomic E-state index is 12.3. The minimum absolute atomic E-state index is 0.227. The van der Waals surface area contributed by atoms with E-state index in [1.165, 1.54) is 25.9 Å². The molecule has 0 aliphatic carbocycles. The number of hydrogen-bond donors (Lipinski definition) is 0. The second-order valence-electron chi connectivity index (χ2n) is 5.40. The summed E-state index contributed by atoms with van der Waals surface area (Å²) in [4.78, 5) is 25.3. The smallest absolute Gasteiger partial charge is 0.310 e. The van der Waals surface area contributed by atoms with Gasteiger partial charge in [-0.05, 0) is 26.7 Å². The molecule has 1 rings (SSSR count). The van der Waals surface area contributed by atoms with Crippen molar-refractivity contribution in [2.24, 2.45) is 5.92 Å². The highest BCUT2D eigenvalue weighted by Gasteiger charge is 2.43. The van der Waals surface area contributed by atoms with E-state index < -0.39 is 20.5 Å². The maximum Gasteiger partial charge on any atom is 0.310 e. The molecule has 1 atom stereocenters. The summed E-state index contributed by atoms with van der Waals surface area (Å²) in [6.45, 7) is 3.49. The van der Waals surface area contributed by atoms with E-state index in [9.17, 15) is 18.0 Å². The van der Waals surface area contributed by atoms with Crippen molar-refractivity contribution >= 4 is 21.7 Å². The van der Waals surface area contributed by atoms with Crippen LogP contribution in [0.4, 0.5) is 0 Å². The predicted octanol–water partition coefficient (Wildman–Crippen LogP) is 0.221. The van der Waals surface area contributed by atoms with E-state index >= 15 is 0 Å². The van der Waals surface area contributed by atoms with Crippen molar-refractivity contribution in [1.29, 1.82) is 0 Å². The van der Waals surface area contributed by atoms with Crippen LogP contribution in [0.1, 0.15) is 26.7 Å². The molecule has 1 saturated heterocycles. The van der Waals surface area contributed by atoms with Gasteiger partial charge in [0.1, 0.15) is 4.75 Å². The highest BCUT2D eigenvalue weighted by molar-refractivity contribution is 7.92. The fraction of sp³-hybridized carbons (Fsp3) is 0.833. The van der Waals surface area contributed by atoms with Crippen LogP contribution in [0, 0.1) is 5.92 Å². The van der Waals surface area contributed by atoms with Crippen LogP contribution in [0.2, 0.25) is 0 Å². The maximum atomic E-state index is 12.3. The molecule has 110 valence electrons. The number of amides is 1. The van der Waals surface area contributed by atoms with Gasteiger partial charge in [-0.1, -0.05) is 0 Å². The van der Waals surface area contributed by atoms with Crippen molar-refractivity contribution in [1.82, 2.24) is 4.90 Å². The second-order valence-corrected chi connectivity index (χ2v) is 7.96. The van der Waals surface area contributed by atoms with E-state index in [1.54, 1.807) is 0 Å². The third-order valence-corrected chi connectivity index (χ3v) is 5.71. The predicted molar refractivity (Wildman–Crippen MR) is 70.2 cm³/mol. The average Bonchev–Trinajstić information content (AvgIpc) is 2.35. The third kappa shape index (κ3) is 3.26. The molecule has 0 N–H and O–H groups in total. The fourth-order valence-electron chi connectivity index (χ4n) is 2.06. The van der Waals surface area contributed by atoms with Gasteiger partial charge in [0.2, 0.25) is 5.91 Å². The molecule has 0 aromatic rings. The van der Waals surface area contributed by atoms with Gasteiger partial charge < -0.3 is 9.64 Å². The Balaban J connectivity index is 2.86.